The van der Waals surface area contributed by atoms with E-state index in [0.717, 1.165) is 22.5 Å². The Morgan fingerprint density at radius 2 is 1.67 bits per heavy atom. The van der Waals surface area contributed by atoms with Gasteiger partial charge in [-0.05, 0) is 29.3 Å². The second-order valence-corrected chi connectivity index (χ2v) is 6.49. The first-order chi connectivity index (χ1) is 13.1. The van der Waals surface area contributed by atoms with Gasteiger partial charge >= 0.3 is 0 Å². The quantitative estimate of drug-likeness (QED) is 0.686. The molecule has 0 bridgehead atoms. The maximum atomic E-state index is 12.5. The van der Waals surface area contributed by atoms with Crippen molar-refractivity contribution in [3.05, 3.63) is 102 Å². The molecule has 1 atom stereocenters. The number of amides is 1. The van der Waals surface area contributed by atoms with Crippen LogP contribution >= 0.6 is 0 Å². The summed E-state index contributed by atoms with van der Waals surface area (Å²) in [6.07, 6.45) is 5.26. The summed E-state index contributed by atoms with van der Waals surface area (Å²) in [6, 6.07) is 23.6. The minimum Gasteiger partial charge on any atom is -0.378 e. The first-order valence-electron chi connectivity index (χ1n) is 8.91. The number of anilines is 1. The van der Waals surface area contributed by atoms with Gasteiger partial charge in [0.15, 0.2) is 6.20 Å². The number of H-pyrrole nitrogens is 1. The maximum Gasteiger partial charge on any atom is 0.244 e. The van der Waals surface area contributed by atoms with E-state index in [1.165, 1.54) is 0 Å². The van der Waals surface area contributed by atoms with Gasteiger partial charge in [-0.3, -0.25) is 4.79 Å². The summed E-state index contributed by atoms with van der Waals surface area (Å²) in [5.74, 6) is -0.141. The van der Waals surface area contributed by atoms with Crippen LogP contribution in [0.4, 0.5) is 5.69 Å². The Kier molecular flexibility index (Phi) is 6.00. The Labute approximate surface area is 160 Å². The van der Waals surface area contributed by atoms with E-state index in [9.17, 15) is 4.79 Å². The number of hydrogen-bond acceptors (Lipinski definition) is 2. The fourth-order valence-corrected chi connectivity index (χ4v) is 2.82. The molecule has 4 nitrogen and oxygen atoms in total. The zero-order chi connectivity index (χ0) is 19.1. The van der Waals surface area contributed by atoms with Crippen molar-refractivity contribution < 1.29 is 9.78 Å². The van der Waals surface area contributed by atoms with E-state index in [1.807, 2.05) is 104 Å². The molecule has 0 saturated carbocycles. The van der Waals surface area contributed by atoms with Gasteiger partial charge in [0, 0.05) is 38.0 Å². The maximum absolute atomic E-state index is 12.5. The molecule has 0 aliphatic heterocycles. The van der Waals surface area contributed by atoms with Crippen molar-refractivity contribution in [2.75, 3.05) is 19.0 Å². The van der Waals surface area contributed by atoms with Crippen LogP contribution in [-0.4, -0.2) is 20.0 Å². The lowest BCUT2D eigenvalue weighted by molar-refractivity contribution is -0.392. The molecule has 0 fully saturated rings. The van der Waals surface area contributed by atoms with Crippen LogP contribution < -0.4 is 15.2 Å². The van der Waals surface area contributed by atoms with Gasteiger partial charge in [0.2, 0.25) is 11.6 Å². The molecule has 2 aromatic carbocycles. The SMILES string of the molecule is CN(C)c1ccc(C=CC(=O)NC(c2ccccc2)c2cccc[nH+]2)cc1. The van der Waals surface area contributed by atoms with Crippen molar-refractivity contribution in [1.29, 1.82) is 0 Å². The Balaban J connectivity index is 1.75. The molecule has 0 spiro atoms. The van der Waals surface area contributed by atoms with Crippen LogP contribution in [-0.2, 0) is 4.79 Å². The topological polar surface area (TPSA) is 46.5 Å². The zero-order valence-corrected chi connectivity index (χ0v) is 15.6. The van der Waals surface area contributed by atoms with Gasteiger partial charge in [-0.25, -0.2) is 4.98 Å². The molecule has 1 heterocycles. The number of benzene rings is 2. The molecule has 3 aromatic rings. The standard InChI is InChI=1S/C23H23N3O/c1-26(2)20-14-11-18(12-15-20)13-16-22(27)25-23(19-8-4-3-5-9-19)21-10-6-7-17-24-21/h3-17,23H,1-2H3,(H,25,27)/p+1. The first-order valence-corrected chi connectivity index (χ1v) is 8.91. The van der Waals surface area contributed by atoms with Crippen molar-refractivity contribution in [3.8, 4) is 0 Å². The van der Waals surface area contributed by atoms with Crippen LogP contribution in [0.5, 0.6) is 0 Å². The minimum atomic E-state index is -0.235. The van der Waals surface area contributed by atoms with E-state index in [1.54, 1.807) is 6.08 Å². The molecule has 1 unspecified atom stereocenters. The molecule has 136 valence electrons. The molecule has 4 heteroatoms. The zero-order valence-electron chi connectivity index (χ0n) is 15.6. The summed E-state index contributed by atoms with van der Waals surface area (Å²) in [6.45, 7) is 0. The summed E-state index contributed by atoms with van der Waals surface area (Å²) >= 11 is 0. The molecule has 1 aromatic heterocycles. The fraction of sp³-hybridized carbons (Fsp3) is 0.130. The van der Waals surface area contributed by atoms with E-state index >= 15 is 0 Å². The molecule has 0 saturated heterocycles. The number of aromatic nitrogens is 1. The Morgan fingerprint density at radius 3 is 2.30 bits per heavy atom. The van der Waals surface area contributed by atoms with Crippen molar-refractivity contribution in [2.45, 2.75) is 6.04 Å². The third kappa shape index (κ3) is 5.05. The number of carbonyl (C=O) groups excluding carboxylic acids is 1. The predicted octanol–water partition coefficient (Wildman–Crippen LogP) is 3.49. The third-order valence-corrected chi connectivity index (χ3v) is 4.30. The van der Waals surface area contributed by atoms with Crippen molar-refractivity contribution in [1.82, 2.24) is 5.32 Å². The monoisotopic (exact) mass is 358 g/mol. The van der Waals surface area contributed by atoms with Crippen LogP contribution in [0.1, 0.15) is 22.9 Å². The highest BCUT2D eigenvalue weighted by Gasteiger charge is 2.20. The molecule has 27 heavy (non-hydrogen) atoms. The summed E-state index contributed by atoms with van der Waals surface area (Å²) in [4.78, 5) is 17.8. The minimum absolute atomic E-state index is 0.141. The first kappa shape index (κ1) is 18.4. The summed E-state index contributed by atoms with van der Waals surface area (Å²) < 4.78 is 0. The van der Waals surface area contributed by atoms with E-state index < -0.39 is 0 Å². The molecule has 0 aliphatic carbocycles. The van der Waals surface area contributed by atoms with Gasteiger partial charge in [0.05, 0.1) is 0 Å². The van der Waals surface area contributed by atoms with E-state index in [0.29, 0.717) is 0 Å². The van der Waals surface area contributed by atoms with Gasteiger partial charge in [-0.1, -0.05) is 48.5 Å². The Hall–Kier alpha value is -3.40. The van der Waals surface area contributed by atoms with Gasteiger partial charge in [0.25, 0.3) is 0 Å². The van der Waals surface area contributed by atoms with Crippen molar-refractivity contribution >= 4 is 17.7 Å². The molecular weight excluding hydrogens is 334 g/mol. The third-order valence-electron chi connectivity index (χ3n) is 4.30. The highest BCUT2D eigenvalue weighted by Crippen LogP contribution is 2.18. The van der Waals surface area contributed by atoms with Gasteiger partial charge in [0.1, 0.15) is 6.04 Å². The highest BCUT2D eigenvalue weighted by atomic mass is 16.1. The van der Waals surface area contributed by atoms with Crippen LogP contribution in [0.15, 0.2) is 85.1 Å². The van der Waals surface area contributed by atoms with Crippen LogP contribution in [0.2, 0.25) is 0 Å². The predicted molar refractivity (Wildman–Crippen MR) is 109 cm³/mol. The lowest BCUT2D eigenvalue weighted by Gasteiger charge is -2.14. The van der Waals surface area contributed by atoms with E-state index in [2.05, 4.69) is 10.3 Å². The molecular formula is C23H24N3O+. The fourth-order valence-electron chi connectivity index (χ4n) is 2.82. The Bertz CT molecular complexity index is 848. The summed E-state index contributed by atoms with van der Waals surface area (Å²) in [7, 11) is 4.01. The molecule has 0 radical (unpaired) electrons. The number of carbonyl (C=O) groups is 1. The molecule has 0 aliphatic rings. The second kappa shape index (κ2) is 8.81. The lowest BCUT2D eigenvalue weighted by atomic mass is 10.0. The van der Waals surface area contributed by atoms with Gasteiger partial charge in [-0.15, -0.1) is 0 Å². The lowest BCUT2D eigenvalue weighted by Crippen LogP contribution is -2.31. The average Bonchev–Trinajstić information content (AvgIpc) is 2.72. The highest BCUT2D eigenvalue weighted by molar-refractivity contribution is 5.92. The van der Waals surface area contributed by atoms with Gasteiger partial charge < -0.3 is 10.2 Å². The van der Waals surface area contributed by atoms with E-state index in [4.69, 9.17) is 0 Å². The number of nitrogens with one attached hydrogen (secondary N) is 2. The number of rotatable bonds is 6. The van der Waals surface area contributed by atoms with Crippen LogP contribution in [0.25, 0.3) is 6.08 Å². The molecule has 3 rings (SSSR count). The number of pyridine rings is 1. The largest absolute Gasteiger partial charge is 0.378 e. The van der Waals surface area contributed by atoms with Crippen LogP contribution in [0, 0.1) is 0 Å². The average molecular weight is 358 g/mol. The number of nitrogens with zero attached hydrogens (tertiary/aromatic N) is 1. The van der Waals surface area contributed by atoms with Crippen LogP contribution in [0.3, 0.4) is 0 Å². The second-order valence-electron chi connectivity index (χ2n) is 6.49. The number of hydrogen-bond donors (Lipinski definition) is 1. The van der Waals surface area contributed by atoms with Crippen molar-refractivity contribution in [3.63, 3.8) is 0 Å². The van der Waals surface area contributed by atoms with Crippen molar-refractivity contribution in [2.24, 2.45) is 0 Å². The smallest absolute Gasteiger partial charge is 0.244 e. The molecule has 1 amide bonds. The molecule has 2 N–H and O–H groups in total. The summed E-state index contributed by atoms with van der Waals surface area (Å²) in [5.41, 5.74) is 4.07. The summed E-state index contributed by atoms with van der Waals surface area (Å²) in [5, 5.41) is 3.08. The van der Waals surface area contributed by atoms with Gasteiger partial charge in [-0.2, -0.15) is 0 Å². The normalized spacial score (nSPS) is 11.9. The number of aromatic amines is 1. The Morgan fingerprint density at radius 1 is 0.963 bits per heavy atom. The van der Waals surface area contributed by atoms with E-state index in [-0.39, 0.29) is 11.9 Å².